The first-order valence-electron chi connectivity index (χ1n) is 6.48. The lowest BCUT2D eigenvalue weighted by Gasteiger charge is -2.30. The maximum absolute atomic E-state index is 12.5. The number of ketones is 1. The molecular formula is C14H19NO3S. The van der Waals surface area contributed by atoms with Crippen LogP contribution >= 0.6 is 0 Å². The number of sulfonamides is 1. The van der Waals surface area contributed by atoms with Crippen LogP contribution in [0.1, 0.15) is 25.3 Å². The van der Waals surface area contributed by atoms with E-state index in [1.165, 1.54) is 4.31 Å². The Kier molecular flexibility index (Phi) is 4.06. The zero-order chi connectivity index (χ0) is 14.0. The van der Waals surface area contributed by atoms with Gasteiger partial charge in [-0.05, 0) is 44.4 Å². The molecule has 0 N–H and O–H groups in total. The van der Waals surface area contributed by atoms with Crippen LogP contribution in [0.15, 0.2) is 29.2 Å². The van der Waals surface area contributed by atoms with Crippen molar-refractivity contribution in [2.75, 3.05) is 13.1 Å². The SMILES string of the molecule is CC(=O)C1CCN(S(=O)(=O)c2cccc(C)c2)CC1. The summed E-state index contributed by atoms with van der Waals surface area (Å²) >= 11 is 0. The molecule has 0 radical (unpaired) electrons. The van der Waals surface area contributed by atoms with Crippen molar-refractivity contribution in [2.45, 2.75) is 31.6 Å². The number of carbonyl (C=O) groups excluding carboxylic acids is 1. The van der Waals surface area contributed by atoms with Gasteiger partial charge in [-0.3, -0.25) is 4.79 Å². The number of piperidine rings is 1. The molecule has 1 saturated heterocycles. The summed E-state index contributed by atoms with van der Waals surface area (Å²) in [5.41, 5.74) is 0.930. The summed E-state index contributed by atoms with van der Waals surface area (Å²) in [7, 11) is -3.41. The highest BCUT2D eigenvalue weighted by molar-refractivity contribution is 7.89. The van der Waals surface area contributed by atoms with Crippen LogP contribution in [-0.4, -0.2) is 31.6 Å². The molecular weight excluding hydrogens is 262 g/mol. The van der Waals surface area contributed by atoms with Crippen LogP contribution in [0.25, 0.3) is 0 Å². The maximum atomic E-state index is 12.5. The van der Waals surface area contributed by atoms with Crippen LogP contribution in [0.3, 0.4) is 0 Å². The molecule has 5 heteroatoms. The first kappa shape index (κ1) is 14.2. The summed E-state index contributed by atoms with van der Waals surface area (Å²) in [6.45, 7) is 4.32. The van der Waals surface area contributed by atoms with Crippen LogP contribution in [-0.2, 0) is 14.8 Å². The Labute approximate surface area is 114 Å². The normalized spacial score (nSPS) is 18.4. The first-order chi connectivity index (χ1) is 8.91. The number of hydrogen-bond donors (Lipinski definition) is 0. The van der Waals surface area contributed by atoms with Gasteiger partial charge in [-0.2, -0.15) is 4.31 Å². The van der Waals surface area contributed by atoms with Crippen molar-refractivity contribution in [3.8, 4) is 0 Å². The molecule has 0 atom stereocenters. The molecule has 2 rings (SSSR count). The lowest BCUT2D eigenvalue weighted by Crippen LogP contribution is -2.39. The molecule has 0 aromatic heterocycles. The molecule has 1 fully saturated rings. The summed E-state index contributed by atoms with van der Waals surface area (Å²) in [4.78, 5) is 11.6. The maximum Gasteiger partial charge on any atom is 0.243 e. The molecule has 0 aliphatic carbocycles. The molecule has 0 unspecified atom stereocenters. The first-order valence-corrected chi connectivity index (χ1v) is 7.92. The van der Waals surface area contributed by atoms with Crippen LogP contribution in [0.2, 0.25) is 0 Å². The number of Topliss-reactive ketones (excluding diaryl/α,β-unsaturated/α-hetero) is 1. The number of carbonyl (C=O) groups is 1. The molecule has 104 valence electrons. The Morgan fingerprint density at radius 3 is 2.42 bits per heavy atom. The van der Waals surface area contributed by atoms with E-state index < -0.39 is 10.0 Å². The fourth-order valence-corrected chi connectivity index (χ4v) is 4.00. The Bertz CT molecular complexity index is 572. The molecule has 1 aromatic rings. The van der Waals surface area contributed by atoms with Gasteiger partial charge in [0.2, 0.25) is 10.0 Å². The average molecular weight is 281 g/mol. The smallest absolute Gasteiger partial charge is 0.243 e. The fourth-order valence-electron chi connectivity index (χ4n) is 2.43. The Hall–Kier alpha value is -1.20. The van der Waals surface area contributed by atoms with Crippen molar-refractivity contribution in [1.29, 1.82) is 0 Å². The summed E-state index contributed by atoms with van der Waals surface area (Å²) < 4.78 is 26.4. The summed E-state index contributed by atoms with van der Waals surface area (Å²) in [5.74, 6) is 0.177. The van der Waals surface area contributed by atoms with Gasteiger partial charge in [0.25, 0.3) is 0 Å². The molecule has 19 heavy (non-hydrogen) atoms. The molecule has 0 saturated carbocycles. The predicted molar refractivity (Wildman–Crippen MR) is 73.3 cm³/mol. The van der Waals surface area contributed by atoms with E-state index >= 15 is 0 Å². The van der Waals surface area contributed by atoms with E-state index in [0.717, 1.165) is 5.56 Å². The standard InChI is InChI=1S/C14H19NO3S/c1-11-4-3-5-14(10-11)19(17,18)15-8-6-13(7-9-15)12(2)16/h3-5,10,13H,6-9H2,1-2H3. The summed E-state index contributed by atoms with van der Waals surface area (Å²) in [6, 6.07) is 6.94. The van der Waals surface area contributed by atoms with Gasteiger partial charge in [-0.15, -0.1) is 0 Å². The van der Waals surface area contributed by atoms with Crippen molar-refractivity contribution >= 4 is 15.8 Å². The molecule has 0 spiro atoms. The van der Waals surface area contributed by atoms with Gasteiger partial charge in [0.1, 0.15) is 5.78 Å². The van der Waals surface area contributed by atoms with E-state index in [2.05, 4.69) is 0 Å². The van der Waals surface area contributed by atoms with Gasteiger partial charge in [-0.1, -0.05) is 12.1 Å². The Balaban J connectivity index is 2.16. The average Bonchev–Trinajstić information content (AvgIpc) is 2.39. The van der Waals surface area contributed by atoms with E-state index in [1.54, 1.807) is 25.1 Å². The van der Waals surface area contributed by atoms with Gasteiger partial charge in [-0.25, -0.2) is 8.42 Å². The van der Waals surface area contributed by atoms with Crippen LogP contribution in [0.4, 0.5) is 0 Å². The van der Waals surface area contributed by atoms with Crippen molar-refractivity contribution in [1.82, 2.24) is 4.31 Å². The molecule has 0 amide bonds. The topological polar surface area (TPSA) is 54.5 Å². The number of benzene rings is 1. The molecule has 1 aliphatic heterocycles. The molecule has 1 aliphatic rings. The lowest BCUT2D eigenvalue weighted by atomic mass is 9.95. The monoisotopic (exact) mass is 281 g/mol. The molecule has 1 heterocycles. The number of aryl methyl sites for hydroxylation is 1. The second-order valence-electron chi connectivity index (χ2n) is 5.11. The lowest BCUT2D eigenvalue weighted by molar-refractivity contribution is -0.121. The Morgan fingerprint density at radius 1 is 1.26 bits per heavy atom. The summed E-state index contributed by atoms with van der Waals surface area (Å²) in [5, 5.41) is 0. The summed E-state index contributed by atoms with van der Waals surface area (Å²) in [6.07, 6.45) is 1.25. The highest BCUT2D eigenvalue weighted by Gasteiger charge is 2.30. The van der Waals surface area contributed by atoms with Gasteiger partial charge >= 0.3 is 0 Å². The van der Waals surface area contributed by atoms with Crippen LogP contribution in [0, 0.1) is 12.8 Å². The number of nitrogens with zero attached hydrogens (tertiary/aromatic N) is 1. The quantitative estimate of drug-likeness (QED) is 0.851. The molecule has 4 nitrogen and oxygen atoms in total. The Morgan fingerprint density at radius 2 is 1.89 bits per heavy atom. The van der Waals surface area contributed by atoms with Gasteiger partial charge in [0.05, 0.1) is 4.90 Å². The molecule has 0 bridgehead atoms. The third-order valence-corrected chi connectivity index (χ3v) is 5.55. The number of hydrogen-bond acceptors (Lipinski definition) is 3. The molecule has 1 aromatic carbocycles. The van der Waals surface area contributed by atoms with Gasteiger partial charge in [0, 0.05) is 19.0 Å². The van der Waals surface area contributed by atoms with E-state index in [4.69, 9.17) is 0 Å². The number of rotatable bonds is 3. The van der Waals surface area contributed by atoms with E-state index in [1.807, 2.05) is 13.0 Å². The van der Waals surface area contributed by atoms with Gasteiger partial charge in [0.15, 0.2) is 0 Å². The fraction of sp³-hybridized carbons (Fsp3) is 0.500. The third kappa shape index (κ3) is 3.04. The minimum absolute atomic E-state index is 0.0176. The highest BCUT2D eigenvalue weighted by Crippen LogP contribution is 2.24. The second-order valence-corrected chi connectivity index (χ2v) is 7.04. The van der Waals surface area contributed by atoms with Crippen molar-refractivity contribution in [2.24, 2.45) is 5.92 Å². The van der Waals surface area contributed by atoms with Gasteiger partial charge < -0.3 is 0 Å². The second kappa shape index (κ2) is 5.43. The minimum Gasteiger partial charge on any atom is -0.300 e. The van der Waals surface area contributed by atoms with E-state index in [0.29, 0.717) is 30.8 Å². The minimum atomic E-state index is -3.41. The zero-order valence-electron chi connectivity index (χ0n) is 11.3. The van der Waals surface area contributed by atoms with Crippen molar-refractivity contribution in [3.05, 3.63) is 29.8 Å². The van der Waals surface area contributed by atoms with Crippen LogP contribution in [0.5, 0.6) is 0 Å². The van der Waals surface area contributed by atoms with E-state index in [-0.39, 0.29) is 11.7 Å². The largest absolute Gasteiger partial charge is 0.300 e. The van der Waals surface area contributed by atoms with E-state index in [9.17, 15) is 13.2 Å². The highest BCUT2D eigenvalue weighted by atomic mass is 32.2. The van der Waals surface area contributed by atoms with Crippen molar-refractivity contribution in [3.63, 3.8) is 0 Å². The third-order valence-electron chi connectivity index (χ3n) is 3.66. The zero-order valence-corrected chi connectivity index (χ0v) is 12.1. The van der Waals surface area contributed by atoms with Crippen LogP contribution < -0.4 is 0 Å². The van der Waals surface area contributed by atoms with Crippen molar-refractivity contribution < 1.29 is 13.2 Å². The predicted octanol–water partition coefficient (Wildman–Crippen LogP) is 1.98.